The number of ketones is 1. The topological polar surface area (TPSA) is 92.3 Å². The molecule has 0 aliphatic rings. The van der Waals surface area contributed by atoms with Crippen LogP contribution in [0.2, 0.25) is 10.0 Å². The molecule has 0 aliphatic carbocycles. The lowest BCUT2D eigenvalue weighted by Crippen LogP contribution is -2.20. The van der Waals surface area contributed by atoms with Crippen LogP contribution < -0.4 is 10.1 Å². The maximum atomic E-state index is 12.0. The van der Waals surface area contributed by atoms with E-state index in [0.717, 1.165) is 0 Å². The number of nitrogens with one attached hydrogen (secondary N) is 1. The van der Waals surface area contributed by atoms with Crippen LogP contribution in [0, 0.1) is 18.3 Å². The second-order valence-electron chi connectivity index (χ2n) is 4.82. The van der Waals surface area contributed by atoms with Gasteiger partial charge in [0, 0.05) is 11.1 Å². The van der Waals surface area contributed by atoms with Gasteiger partial charge in [-0.1, -0.05) is 23.2 Å². The summed E-state index contributed by atoms with van der Waals surface area (Å²) in [5.74, 6) is -0.485. The maximum Gasteiger partial charge on any atom is 0.264 e. The molecule has 1 aromatic carbocycles. The van der Waals surface area contributed by atoms with Crippen molar-refractivity contribution in [1.82, 2.24) is 0 Å². The Hall–Kier alpha value is -2.49. The molecule has 1 heterocycles. The molecule has 6 nitrogen and oxygen atoms in total. The first-order valence-electron chi connectivity index (χ1n) is 6.75. The Morgan fingerprint density at radius 3 is 2.71 bits per heavy atom. The minimum atomic E-state index is -0.577. The van der Waals surface area contributed by atoms with Crippen LogP contribution in [-0.4, -0.2) is 18.3 Å². The first-order valence-corrected chi connectivity index (χ1v) is 7.51. The summed E-state index contributed by atoms with van der Waals surface area (Å²) in [5.41, 5.74) is 0.126. The molecule has 0 saturated carbocycles. The number of benzene rings is 1. The van der Waals surface area contributed by atoms with E-state index in [-0.39, 0.29) is 40.9 Å². The van der Waals surface area contributed by atoms with Gasteiger partial charge in [-0.05, 0) is 26.0 Å². The van der Waals surface area contributed by atoms with Gasteiger partial charge in [-0.15, -0.1) is 0 Å². The van der Waals surface area contributed by atoms with Crippen LogP contribution in [0.5, 0.6) is 5.75 Å². The summed E-state index contributed by atoms with van der Waals surface area (Å²) in [5, 5.41) is 12.3. The third-order valence-electron chi connectivity index (χ3n) is 3.05. The van der Waals surface area contributed by atoms with Gasteiger partial charge >= 0.3 is 0 Å². The van der Waals surface area contributed by atoms with Crippen LogP contribution in [0.3, 0.4) is 0 Å². The van der Waals surface area contributed by atoms with E-state index in [2.05, 4.69) is 5.32 Å². The molecule has 0 atom stereocenters. The first kappa shape index (κ1) is 17.9. The van der Waals surface area contributed by atoms with Gasteiger partial charge in [0.25, 0.3) is 5.91 Å². The maximum absolute atomic E-state index is 12.0. The number of nitrogens with zero attached hydrogens (tertiary/aromatic N) is 1. The number of carbonyl (C=O) groups excluding carboxylic acids is 2. The number of furan rings is 1. The van der Waals surface area contributed by atoms with E-state index in [4.69, 9.17) is 32.4 Å². The number of Topliss-reactive ketones (excluding diaryl/α,β-unsaturated/α-hetero) is 1. The number of anilines is 1. The summed E-state index contributed by atoms with van der Waals surface area (Å²) in [7, 11) is 0. The van der Waals surface area contributed by atoms with E-state index < -0.39 is 5.91 Å². The van der Waals surface area contributed by atoms with Crippen molar-refractivity contribution in [3.63, 3.8) is 0 Å². The van der Waals surface area contributed by atoms with Crippen LogP contribution >= 0.6 is 23.2 Å². The Labute approximate surface area is 147 Å². The Morgan fingerprint density at radius 1 is 1.38 bits per heavy atom. The summed E-state index contributed by atoms with van der Waals surface area (Å²) in [4.78, 5) is 23.5. The summed E-state index contributed by atoms with van der Waals surface area (Å²) in [6.45, 7) is 2.48. The number of halogens is 2. The van der Waals surface area contributed by atoms with E-state index in [1.807, 2.05) is 6.07 Å². The third kappa shape index (κ3) is 3.88. The van der Waals surface area contributed by atoms with E-state index in [0.29, 0.717) is 10.0 Å². The largest absolute Gasteiger partial charge is 0.482 e. The van der Waals surface area contributed by atoms with Gasteiger partial charge in [-0.2, -0.15) is 5.26 Å². The molecule has 124 valence electrons. The quantitative estimate of drug-likeness (QED) is 0.807. The average Bonchev–Trinajstić information content (AvgIpc) is 2.83. The van der Waals surface area contributed by atoms with Crippen molar-refractivity contribution in [3.8, 4) is 11.8 Å². The minimum absolute atomic E-state index is 0.0193. The number of amides is 1. The van der Waals surface area contributed by atoms with Crippen LogP contribution in [0.1, 0.15) is 28.6 Å². The van der Waals surface area contributed by atoms with Gasteiger partial charge in [0.05, 0.1) is 10.6 Å². The van der Waals surface area contributed by atoms with Gasteiger partial charge in [-0.25, -0.2) is 0 Å². The molecule has 24 heavy (non-hydrogen) atoms. The van der Waals surface area contributed by atoms with Crippen LogP contribution in [0.25, 0.3) is 0 Å². The Kier molecular flexibility index (Phi) is 5.50. The Balaban J connectivity index is 2.11. The van der Waals surface area contributed by atoms with Crippen molar-refractivity contribution >= 4 is 40.8 Å². The molecule has 0 fully saturated rings. The van der Waals surface area contributed by atoms with Crippen molar-refractivity contribution in [2.24, 2.45) is 0 Å². The average molecular weight is 367 g/mol. The van der Waals surface area contributed by atoms with E-state index in [1.54, 1.807) is 12.1 Å². The number of nitriles is 1. The highest BCUT2D eigenvalue weighted by atomic mass is 35.5. The third-order valence-corrected chi connectivity index (χ3v) is 3.60. The number of carbonyl (C=O) groups is 2. The smallest absolute Gasteiger partial charge is 0.264 e. The molecule has 0 aliphatic heterocycles. The molecule has 0 bridgehead atoms. The summed E-state index contributed by atoms with van der Waals surface area (Å²) in [6, 6.07) is 6.46. The predicted octanol–water partition coefficient (Wildman–Crippen LogP) is 3.99. The minimum Gasteiger partial charge on any atom is -0.482 e. The molecule has 0 spiro atoms. The fourth-order valence-corrected chi connectivity index (χ4v) is 2.39. The van der Waals surface area contributed by atoms with Gasteiger partial charge < -0.3 is 9.15 Å². The lowest BCUT2D eigenvalue weighted by atomic mass is 10.1. The zero-order valence-electron chi connectivity index (χ0n) is 12.8. The molecule has 8 heteroatoms. The van der Waals surface area contributed by atoms with Crippen molar-refractivity contribution in [3.05, 3.63) is 45.1 Å². The molecule has 0 saturated heterocycles. The standard InChI is InChI=1S/C16H12Cl2N2O4/c1-8(21)15-9(2)24-16(11(15)6-19)20-14(22)7-23-13-5-10(17)3-4-12(13)18/h3-5H,7H2,1-2H3,(H,20,22). The first-order chi connectivity index (χ1) is 11.3. The summed E-state index contributed by atoms with van der Waals surface area (Å²) < 4.78 is 10.6. The highest BCUT2D eigenvalue weighted by molar-refractivity contribution is 6.34. The Morgan fingerprint density at radius 2 is 2.08 bits per heavy atom. The summed E-state index contributed by atoms with van der Waals surface area (Å²) >= 11 is 11.8. The normalized spacial score (nSPS) is 10.1. The lowest BCUT2D eigenvalue weighted by molar-refractivity contribution is -0.118. The van der Waals surface area contributed by atoms with Gasteiger partial charge in [0.15, 0.2) is 12.4 Å². The molecule has 1 aromatic heterocycles. The monoisotopic (exact) mass is 366 g/mol. The SMILES string of the molecule is CC(=O)c1c(C)oc(NC(=O)COc2cc(Cl)ccc2Cl)c1C#N. The highest BCUT2D eigenvalue weighted by Gasteiger charge is 2.22. The predicted molar refractivity (Wildman–Crippen MR) is 88.8 cm³/mol. The van der Waals surface area contributed by atoms with E-state index >= 15 is 0 Å². The van der Waals surface area contributed by atoms with Gasteiger partial charge in [-0.3, -0.25) is 14.9 Å². The zero-order valence-corrected chi connectivity index (χ0v) is 14.3. The molecule has 0 radical (unpaired) electrons. The number of ether oxygens (including phenoxy) is 1. The molecule has 1 amide bonds. The molecule has 0 unspecified atom stereocenters. The van der Waals surface area contributed by atoms with E-state index in [1.165, 1.54) is 19.9 Å². The lowest BCUT2D eigenvalue weighted by Gasteiger charge is -2.08. The van der Waals surface area contributed by atoms with Crippen molar-refractivity contribution in [1.29, 1.82) is 5.26 Å². The number of rotatable bonds is 5. The second-order valence-corrected chi connectivity index (χ2v) is 5.66. The fourth-order valence-electron chi connectivity index (χ4n) is 2.06. The second kappa shape index (κ2) is 7.39. The van der Waals surface area contributed by atoms with Crippen LogP contribution in [0.15, 0.2) is 22.6 Å². The fraction of sp³-hybridized carbons (Fsp3) is 0.188. The summed E-state index contributed by atoms with van der Waals surface area (Å²) in [6.07, 6.45) is 0. The highest BCUT2D eigenvalue weighted by Crippen LogP contribution is 2.28. The zero-order chi connectivity index (χ0) is 17.9. The van der Waals surface area contributed by atoms with Gasteiger partial charge in [0.2, 0.25) is 5.88 Å². The van der Waals surface area contributed by atoms with Crippen molar-refractivity contribution in [2.75, 3.05) is 11.9 Å². The number of hydrogen-bond acceptors (Lipinski definition) is 5. The molecule has 1 N–H and O–H groups in total. The molecular formula is C16H12Cl2N2O4. The molecule has 2 aromatic rings. The van der Waals surface area contributed by atoms with Crippen LogP contribution in [-0.2, 0) is 4.79 Å². The number of aryl methyl sites for hydroxylation is 1. The van der Waals surface area contributed by atoms with Gasteiger partial charge in [0.1, 0.15) is 23.1 Å². The molecule has 2 rings (SSSR count). The Bertz CT molecular complexity index is 852. The van der Waals surface area contributed by atoms with Crippen LogP contribution in [0.4, 0.5) is 5.88 Å². The van der Waals surface area contributed by atoms with E-state index in [9.17, 15) is 14.9 Å². The molecular weight excluding hydrogens is 355 g/mol. The number of hydrogen-bond donors (Lipinski definition) is 1. The van der Waals surface area contributed by atoms with Crippen molar-refractivity contribution in [2.45, 2.75) is 13.8 Å². The van der Waals surface area contributed by atoms with Crippen molar-refractivity contribution < 1.29 is 18.7 Å².